The van der Waals surface area contributed by atoms with E-state index in [1.54, 1.807) is 0 Å². The summed E-state index contributed by atoms with van der Waals surface area (Å²) >= 11 is 0. The Balaban J connectivity index is 1.65. The average Bonchev–Trinajstić information content (AvgIpc) is 2.49. The molecule has 0 aromatic carbocycles. The maximum absolute atomic E-state index is 12.2. The Bertz CT molecular complexity index is 400. The highest BCUT2D eigenvalue weighted by Gasteiger charge is 2.25. The fourth-order valence-electron chi connectivity index (χ4n) is 3.74. The average molecular weight is 325 g/mol. The lowest BCUT2D eigenvalue weighted by molar-refractivity contribution is -0.138. The van der Waals surface area contributed by atoms with E-state index in [0.29, 0.717) is 18.6 Å². The Morgan fingerprint density at radius 2 is 1.74 bits per heavy atom. The van der Waals surface area contributed by atoms with E-state index in [4.69, 9.17) is 5.11 Å². The highest BCUT2D eigenvalue weighted by molar-refractivity contribution is 5.78. The summed E-state index contributed by atoms with van der Waals surface area (Å²) in [5.41, 5.74) is 0. The van der Waals surface area contributed by atoms with Gasteiger partial charge in [-0.05, 0) is 51.5 Å². The molecule has 1 amide bonds. The molecular weight excluding hydrogens is 294 g/mol. The van der Waals surface area contributed by atoms with E-state index in [-0.39, 0.29) is 12.5 Å². The number of piperidine rings is 1. The van der Waals surface area contributed by atoms with Crippen LogP contribution >= 0.6 is 0 Å². The molecule has 2 N–H and O–H groups in total. The number of hydrogen-bond donors (Lipinski definition) is 2. The molecule has 1 aliphatic carbocycles. The van der Waals surface area contributed by atoms with Crippen LogP contribution in [0.2, 0.25) is 0 Å². The third-order valence-electron chi connectivity index (χ3n) is 5.31. The Labute approximate surface area is 139 Å². The summed E-state index contributed by atoms with van der Waals surface area (Å²) in [4.78, 5) is 27.0. The maximum Gasteiger partial charge on any atom is 0.317 e. The largest absolute Gasteiger partial charge is 0.480 e. The van der Waals surface area contributed by atoms with Crippen molar-refractivity contribution in [3.63, 3.8) is 0 Å². The van der Waals surface area contributed by atoms with E-state index >= 15 is 0 Å². The van der Waals surface area contributed by atoms with Gasteiger partial charge in [-0.2, -0.15) is 0 Å². The minimum atomic E-state index is -0.781. The Morgan fingerprint density at radius 1 is 1.13 bits per heavy atom. The number of carboxylic acids is 1. The van der Waals surface area contributed by atoms with E-state index in [1.807, 2.05) is 11.9 Å². The summed E-state index contributed by atoms with van der Waals surface area (Å²) in [5.74, 6) is 0.156. The van der Waals surface area contributed by atoms with Crippen molar-refractivity contribution in [1.82, 2.24) is 15.1 Å². The third kappa shape index (κ3) is 6.11. The summed E-state index contributed by atoms with van der Waals surface area (Å²) in [7, 11) is 1.87. The van der Waals surface area contributed by atoms with Crippen LogP contribution in [-0.2, 0) is 9.59 Å². The Hall–Kier alpha value is -1.14. The summed E-state index contributed by atoms with van der Waals surface area (Å²) < 4.78 is 0. The van der Waals surface area contributed by atoms with Crippen LogP contribution in [0, 0.1) is 5.92 Å². The standard InChI is InChI=1S/C17H31N3O3/c1-13-3-5-14(6-4-13)18-16(21)11-20-9-7-15(8-10-20)19(2)12-17(22)23/h13-15H,3-12H2,1-2H3,(H,18,21)(H,22,23). The highest BCUT2D eigenvalue weighted by atomic mass is 16.4. The summed E-state index contributed by atoms with van der Waals surface area (Å²) in [5, 5.41) is 12.0. The van der Waals surface area contributed by atoms with Crippen molar-refractivity contribution in [2.45, 2.75) is 57.5 Å². The number of nitrogens with one attached hydrogen (secondary N) is 1. The molecule has 0 atom stereocenters. The lowest BCUT2D eigenvalue weighted by Crippen LogP contribution is -2.48. The van der Waals surface area contributed by atoms with Gasteiger partial charge in [0, 0.05) is 25.2 Å². The van der Waals surface area contributed by atoms with Crippen molar-refractivity contribution >= 4 is 11.9 Å². The van der Waals surface area contributed by atoms with Crippen LogP contribution in [0.5, 0.6) is 0 Å². The van der Waals surface area contributed by atoms with Gasteiger partial charge in [-0.25, -0.2) is 0 Å². The zero-order chi connectivity index (χ0) is 16.8. The summed E-state index contributed by atoms with van der Waals surface area (Å²) in [6.45, 7) is 4.57. The first-order valence-electron chi connectivity index (χ1n) is 8.87. The number of aliphatic carboxylic acids is 1. The van der Waals surface area contributed by atoms with Crippen molar-refractivity contribution < 1.29 is 14.7 Å². The number of rotatable bonds is 6. The molecule has 1 aliphatic heterocycles. The van der Waals surface area contributed by atoms with Crippen molar-refractivity contribution in [2.24, 2.45) is 5.92 Å². The quantitative estimate of drug-likeness (QED) is 0.767. The summed E-state index contributed by atoms with van der Waals surface area (Å²) in [6.07, 6.45) is 6.50. The van der Waals surface area contributed by atoms with Crippen molar-refractivity contribution in [1.29, 1.82) is 0 Å². The third-order valence-corrected chi connectivity index (χ3v) is 5.31. The van der Waals surface area contributed by atoms with Gasteiger partial charge in [0.1, 0.15) is 0 Å². The molecule has 2 rings (SSSR count). The van der Waals surface area contributed by atoms with Gasteiger partial charge in [0.05, 0.1) is 13.1 Å². The normalized spacial score (nSPS) is 27.1. The van der Waals surface area contributed by atoms with E-state index in [9.17, 15) is 9.59 Å². The molecule has 1 heterocycles. The van der Waals surface area contributed by atoms with Crippen LogP contribution in [-0.4, -0.2) is 72.1 Å². The number of carbonyl (C=O) groups is 2. The van der Waals surface area contributed by atoms with Crippen LogP contribution in [0.3, 0.4) is 0 Å². The van der Waals surface area contributed by atoms with Gasteiger partial charge in [0.2, 0.25) is 5.91 Å². The molecule has 0 spiro atoms. The van der Waals surface area contributed by atoms with Crippen LogP contribution in [0.4, 0.5) is 0 Å². The minimum Gasteiger partial charge on any atom is -0.480 e. The smallest absolute Gasteiger partial charge is 0.317 e. The van der Waals surface area contributed by atoms with Gasteiger partial charge < -0.3 is 10.4 Å². The molecule has 1 saturated heterocycles. The zero-order valence-corrected chi connectivity index (χ0v) is 14.5. The van der Waals surface area contributed by atoms with E-state index in [1.165, 1.54) is 12.8 Å². The van der Waals surface area contributed by atoms with Crippen LogP contribution < -0.4 is 5.32 Å². The SMILES string of the molecule is CC1CCC(NC(=O)CN2CCC(N(C)CC(=O)O)CC2)CC1. The molecule has 2 fully saturated rings. The second-order valence-corrected chi connectivity index (χ2v) is 7.34. The molecule has 132 valence electrons. The van der Waals surface area contributed by atoms with Gasteiger partial charge in [0.25, 0.3) is 0 Å². The molecule has 0 radical (unpaired) electrons. The van der Waals surface area contributed by atoms with Crippen molar-refractivity contribution in [3.8, 4) is 0 Å². The number of amides is 1. The number of carboxylic acid groups (broad SMARTS) is 1. The van der Waals surface area contributed by atoms with Crippen LogP contribution in [0.1, 0.15) is 45.4 Å². The van der Waals surface area contributed by atoms with Crippen LogP contribution in [0.15, 0.2) is 0 Å². The maximum atomic E-state index is 12.2. The van der Waals surface area contributed by atoms with Gasteiger partial charge in [-0.1, -0.05) is 6.92 Å². The molecule has 0 aromatic heterocycles. The van der Waals surface area contributed by atoms with E-state index < -0.39 is 5.97 Å². The Kier molecular flexibility index (Phi) is 6.84. The fraction of sp³-hybridized carbons (Fsp3) is 0.882. The number of nitrogens with zero attached hydrogens (tertiary/aromatic N) is 2. The van der Waals surface area contributed by atoms with Gasteiger partial charge in [-0.3, -0.25) is 19.4 Å². The number of hydrogen-bond acceptors (Lipinski definition) is 4. The topological polar surface area (TPSA) is 72.9 Å². The summed E-state index contributed by atoms with van der Waals surface area (Å²) in [6, 6.07) is 0.670. The molecule has 6 nitrogen and oxygen atoms in total. The van der Waals surface area contributed by atoms with Gasteiger partial charge >= 0.3 is 5.97 Å². The molecule has 0 bridgehead atoms. The second kappa shape index (κ2) is 8.64. The van der Waals surface area contributed by atoms with Crippen molar-refractivity contribution in [2.75, 3.05) is 33.2 Å². The zero-order valence-electron chi connectivity index (χ0n) is 14.5. The van der Waals surface area contributed by atoms with Crippen molar-refractivity contribution in [3.05, 3.63) is 0 Å². The number of likely N-dealkylation sites (N-methyl/N-ethyl adjacent to an activating group) is 1. The first-order valence-corrected chi connectivity index (χ1v) is 8.87. The van der Waals surface area contributed by atoms with E-state index in [2.05, 4.69) is 17.1 Å². The molecule has 23 heavy (non-hydrogen) atoms. The highest BCUT2D eigenvalue weighted by Crippen LogP contribution is 2.23. The molecule has 1 saturated carbocycles. The Morgan fingerprint density at radius 3 is 2.30 bits per heavy atom. The monoisotopic (exact) mass is 325 g/mol. The molecule has 0 unspecified atom stereocenters. The number of carbonyl (C=O) groups excluding carboxylic acids is 1. The van der Waals surface area contributed by atoms with Gasteiger partial charge in [-0.15, -0.1) is 0 Å². The molecule has 0 aromatic rings. The first kappa shape index (κ1) is 18.2. The lowest BCUT2D eigenvalue weighted by Gasteiger charge is -2.36. The predicted molar refractivity (Wildman–Crippen MR) is 89.3 cm³/mol. The number of likely N-dealkylation sites (tertiary alicyclic amines) is 1. The first-order chi connectivity index (χ1) is 10.9. The van der Waals surface area contributed by atoms with Crippen LogP contribution in [0.25, 0.3) is 0 Å². The molecular formula is C17H31N3O3. The second-order valence-electron chi connectivity index (χ2n) is 7.34. The lowest BCUT2D eigenvalue weighted by atomic mass is 9.87. The molecule has 6 heteroatoms. The van der Waals surface area contributed by atoms with Gasteiger partial charge in [0.15, 0.2) is 0 Å². The fourth-order valence-corrected chi connectivity index (χ4v) is 3.74. The van der Waals surface area contributed by atoms with E-state index in [0.717, 1.165) is 44.7 Å². The predicted octanol–water partition coefficient (Wildman–Crippen LogP) is 1.16. The minimum absolute atomic E-state index is 0.0885. The molecule has 2 aliphatic rings.